The van der Waals surface area contributed by atoms with Crippen molar-refractivity contribution in [2.75, 3.05) is 5.32 Å². The van der Waals surface area contributed by atoms with E-state index in [1.54, 1.807) is 4.68 Å². The molecule has 1 fully saturated rings. The monoisotopic (exact) mass is 216 g/mol. The largest absolute Gasteiger partial charge is 0.348 e. The first-order valence-electron chi connectivity index (χ1n) is 5.20. The maximum Gasteiger partial charge on any atom is 0.248 e. The summed E-state index contributed by atoms with van der Waals surface area (Å²) in [6.45, 7) is 0. The van der Waals surface area contributed by atoms with Crippen LogP contribution in [0.1, 0.15) is 6.42 Å². The molecule has 1 aliphatic rings. The minimum atomic E-state index is 0.223. The van der Waals surface area contributed by atoms with Gasteiger partial charge in [-0.3, -0.25) is 0 Å². The van der Waals surface area contributed by atoms with Crippen LogP contribution in [-0.2, 0) is 0 Å². The number of nitrogens with one attached hydrogen (secondary N) is 1. The lowest BCUT2D eigenvalue weighted by atomic mass is 10.3. The van der Waals surface area contributed by atoms with Crippen LogP contribution in [0.5, 0.6) is 0 Å². The lowest BCUT2D eigenvalue weighted by molar-refractivity contribution is 0.788. The van der Waals surface area contributed by atoms with Gasteiger partial charge in [-0.05, 0) is 29.0 Å². The summed E-state index contributed by atoms with van der Waals surface area (Å²) in [6, 6.07) is 10.3. The fourth-order valence-electron chi connectivity index (χ4n) is 1.57. The second-order valence-electron chi connectivity index (χ2n) is 3.90. The lowest BCUT2D eigenvalue weighted by Crippen LogP contribution is -2.16. The normalized spacial score (nSPS) is 23.1. The van der Waals surface area contributed by atoms with Crippen molar-refractivity contribution in [3.05, 3.63) is 30.3 Å². The van der Waals surface area contributed by atoms with E-state index in [2.05, 4.69) is 20.8 Å². The minimum Gasteiger partial charge on any atom is -0.348 e. The molecular formula is C10H12N6. The van der Waals surface area contributed by atoms with Crippen molar-refractivity contribution in [2.24, 2.45) is 5.73 Å². The molecule has 16 heavy (non-hydrogen) atoms. The molecule has 1 heterocycles. The van der Waals surface area contributed by atoms with Gasteiger partial charge in [0.05, 0.1) is 5.69 Å². The Hall–Kier alpha value is -1.95. The number of para-hydroxylation sites is 1. The second kappa shape index (κ2) is 3.57. The zero-order valence-electron chi connectivity index (χ0n) is 8.61. The molecule has 6 nitrogen and oxygen atoms in total. The first-order valence-corrected chi connectivity index (χ1v) is 5.20. The molecule has 0 amide bonds. The molecule has 2 aromatic rings. The van der Waals surface area contributed by atoms with Gasteiger partial charge in [0.2, 0.25) is 5.95 Å². The molecule has 1 aromatic carbocycles. The van der Waals surface area contributed by atoms with Crippen molar-refractivity contribution in [1.82, 2.24) is 20.2 Å². The zero-order valence-corrected chi connectivity index (χ0v) is 8.61. The molecule has 0 bridgehead atoms. The van der Waals surface area contributed by atoms with Gasteiger partial charge in [-0.2, -0.15) is 4.68 Å². The average molecular weight is 216 g/mol. The van der Waals surface area contributed by atoms with E-state index in [4.69, 9.17) is 5.73 Å². The van der Waals surface area contributed by atoms with Crippen molar-refractivity contribution in [3.63, 3.8) is 0 Å². The van der Waals surface area contributed by atoms with Crippen LogP contribution in [0.25, 0.3) is 5.69 Å². The van der Waals surface area contributed by atoms with E-state index in [1.807, 2.05) is 30.3 Å². The third-order valence-electron chi connectivity index (χ3n) is 2.62. The number of nitrogens with zero attached hydrogens (tertiary/aromatic N) is 4. The Morgan fingerprint density at radius 1 is 1.31 bits per heavy atom. The van der Waals surface area contributed by atoms with Gasteiger partial charge in [0.15, 0.2) is 0 Å². The summed E-state index contributed by atoms with van der Waals surface area (Å²) in [4.78, 5) is 0. The van der Waals surface area contributed by atoms with Gasteiger partial charge < -0.3 is 11.1 Å². The molecule has 0 spiro atoms. The smallest absolute Gasteiger partial charge is 0.248 e. The maximum absolute atomic E-state index is 5.73. The summed E-state index contributed by atoms with van der Waals surface area (Å²) in [5.41, 5.74) is 6.67. The van der Waals surface area contributed by atoms with E-state index in [0.29, 0.717) is 12.0 Å². The summed E-state index contributed by atoms with van der Waals surface area (Å²) in [6.07, 6.45) is 0.974. The maximum atomic E-state index is 5.73. The third kappa shape index (κ3) is 1.63. The summed E-state index contributed by atoms with van der Waals surface area (Å²) in [5.74, 6) is 0.643. The molecule has 6 heteroatoms. The van der Waals surface area contributed by atoms with Crippen LogP contribution < -0.4 is 11.1 Å². The van der Waals surface area contributed by atoms with Gasteiger partial charge in [-0.25, -0.2) is 0 Å². The van der Waals surface area contributed by atoms with E-state index in [0.717, 1.165) is 12.1 Å². The van der Waals surface area contributed by atoms with Gasteiger partial charge in [-0.15, -0.1) is 0 Å². The predicted molar refractivity (Wildman–Crippen MR) is 59.2 cm³/mol. The Morgan fingerprint density at radius 2 is 2.06 bits per heavy atom. The summed E-state index contributed by atoms with van der Waals surface area (Å²) in [7, 11) is 0. The van der Waals surface area contributed by atoms with Crippen molar-refractivity contribution < 1.29 is 0 Å². The SMILES string of the molecule is NC1CC1Nc1nnnn1-c1ccccc1. The molecule has 82 valence electrons. The molecule has 0 radical (unpaired) electrons. The Bertz CT molecular complexity index is 479. The predicted octanol–water partition coefficient (Wildman–Crippen LogP) is 0.174. The highest BCUT2D eigenvalue weighted by atomic mass is 15.6. The highest BCUT2D eigenvalue weighted by molar-refractivity contribution is 5.40. The quantitative estimate of drug-likeness (QED) is 0.764. The van der Waals surface area contributed by atoms with Crippen LogP contribution >= 0.6 is 0 Å². The van der Waals surface area contributed by atoms with Crippen LogP contribution in [0, 0.1) is 0 Å². The fourth-order valence-corrected chi connectivity index (χ4v) is 1.57. The van der Waals surface area contributed by atoms with Crippen molar-refractivity contribution >= 4 is 5.95 Å². The van der Waals surface area contributed by atoms with Gasteiger partial charge in [0.25, 0.3) is 0 Å². The number of anilines is 1. The first kappa shape index (κ1) is 9.29. The number of tetrazole rings is 1. The molecular weight excluding hydrogens is 204 g/mol. The topological polar surface area (TPSA) is 81.7 Å². The van der Waals surface area contributed by atoms with Crippen molar-refractivity contribution in [1.29, 1.82) is 0 Å². The Labute approximate surface area is 92.5 Å². The molecule has 1 aromatic heterocycles. The average Bonchev–Trinajstić information content (AvgIpc) is 2.82. The molecule has 0 saturated heterocycles. The van der Waals surface area contributed by atoms with E-state index in [-0.39, 0.29) is 6.04 Å². The standard InChI is InChI=1S/C10H12N6/c11-8-6-9(8)12-10-13-14-15-16(10)7-4-2-1-3-5-7/h1-5,8-9H,6,11H2,(H,12,13,15). The highest BCUT2D eigenvalue weighted by Crippen LogP contribution is 2.23. The highest BCUT2D eigenvalue weighted by Gasteiger charge is 2.34. The Morgan fingerprint density at radius 3 is 2.75 bits per heavy atom. The summed E-state index contributed by atoms with van der Waals surface area (Å²) in [5, 5.41) is 14.8. The number of nitrogens with two attached hydrogens (primary N) is 1. The third-order valence-corrected chi connectivity index (χ3v) is 2.62. The van der Waals surface area contributed by atoms with E-state index in [9.17, 15) is 0 Å². The number of benzene rings is 1. The van der Waals surface area contributed by atoms with E-state index in [1.165, 1.54) is 0 Å². The van der Waals surface area contributed by atoms with Crippen LogP contribution in [0.2, 0.25) is 0 Å². The van der Waals surface area contributed by atoms with Gasteiger partial charge in [0.1, 0.15) is 0 Å². The Kier molecular flexibility index (Phi) is 2.07. The molecule has 2 unspecified atom stereocenters. The van der Waals surface area contributed by atoms with Crippen molar-refractivity contribution in [2.45, 2.75) is 18.5 Å². The molecule has 1 aliphatic carbocycles. The fraction of sp³-hybridized carbons (Fsp3) is 0.300. The number of hydrogen-bond acceptors (Lipinski definition) is 5. The summed E-state index contributed by atoms with van der Waals surface area (Å²) >= 11 is 0. The number of aromatic nitrogens is 4. The second-order valence-corrected chi connectivity index (χ2v) is 3.90. The van der Waals surface area contributed by atoms with Crippen LogP contribution in [0.15, 0.2) is 30.3 Å². The molecule has 3 N–H and O–H groups in total. The minimum absolute atomic E-state index is 0.223. The molecule has 0 aliphatic heterocycles. The van der Waals surface area contributed by atoms with E-state index >= 15 is 0 Å². The van der Waals surface area contributed by atoms with Crippen LogP contribution in [-0.4, -0.2) is 32.3 Å². The molecule has 3 rings (SSSR count). The molecule has 1 saturated carbocycles. The van der Waals surface area contributed by atoms with Crippen LogP contribution in [0.4, 0.5) is 5.95 Å². The number of rotatable bonds is 3. The molecule has 2 atom stereocenters. The Balaban J connectivity index is 1.87. The van der Waals surface area contributed by atoms with Gasteiger partial charge >= 0.3 is 0 Å². The van der Waals surface area contributed by atoms with Gasteiger partial charge in [0, 0.05) is 12.1 Å². The van der Waals surface area contributed by atoms with Crippen LogP contribution in [0.3, 0.4) is 0 Å². The van der Waals surface area contributed by atoms with Crippen molar-refractivity contribution in [3.8, 4) is 5.69 Å². The van der Waals surface area contributed by atoms with Gasteiger partial charge in [-0.1, -0.05) is 23.3 Å². The lowest BCUT2D eigenvalue weighted by Gasteiger charge is -2.05. The first-order chi connectivity index (χ1) is 7.84. The number of hydrogen-bond donors (Lipinski definition) is 2. The van der Waals surface area contributed by atoms with E-state index < -0.39 is 0 Å². The summed E-state index contributed by atoms with van der Waals surface area (Å²) < 4.78 is 1.67. The zero-order chi connectivity index (χ0) is 11.0.